The number of aromatic hydroxyl groups is 2. The Morgan fingerprint density at radius 1 is 1.00 bits per heavy atom. The standard InChI is InChI=1S/C17H12ClNO6S/c18-13-8-14(10-3-1-2-4-11(10)16(13)21)19-26(24,25)9-5-6-15(20)12(7-9)17(22)23/h1-8,19-21H,(H,22,23). The zero-order valence-electron chi connectivity index (χ0n) is 13.0. The number of sulfonamides is 1. The van der Waals surface area contributed by atoms with Gasteiger partial charge in [0.05, 0.1) is 15.6 Å². The molecule has 3 rings (SSSR count). The number of carboxylic acids is 1. The highest BCUT2D eigenvalue weighted by Gasteiger charge is 2.21. The molecule has 0 saturated carbocycles. The molecule has 3 aromatic rings. The summed E-state index contributed by atoms with van der Waals surface area (Å²) in [6.07, 6.45) is 0. The van der Waals surface area contributed by atoms with Crippen molar-refractivity contribution in [3.8, 4) is 11.5 Å². The van der Waals surface area contributed by atoms with E-state index in [1.807, 2.05) is 0 Å². The number of hydrogen-bond donors (Lipinski definition) is 4. The SMILES string of the molecule is O=C(O)c1cc(S(=O)(=O)Nc2cc(Cl)c(O)c3ccccc23)ccc1O. The van der Waals surface area contributed by atoms with E-state index in [2.05, 4.69) is 4.72 Å². The van der Waals surface area contributed by atoms with Gasteiger partial charge in [0, 0.05) is 10.8 Å². The van der Waals surface area contributed by atoms with Crippen molar-refractivity contribution in [2.24, 2.45) is 0 Å². The second-order valence-electron chi connectivity index (χ2n) is 5.39. The fraction of sp³-hybridized carbons (Fsp3) is 0. The van der Waals surface area contributed by atoms with Crippen LogP contribution in [0, 0.1) is 0 Å². The molecule has 0 saturated heterocycles. The molecule has 0 unspecified atom stereocenters. The van der Waals surface area contributed by atoms with Crippen molar-refractivity contribution in [1.29, 1.82) is 0 Å². The van der Waals surface area contributed by atoms with Crippen LogP contribution in [0.25, 0.3) is 10.8 Å². The van der Waals surface area contributed by atoms with Crippen LogP contribution in [0.5, 0.6) is 11.5 Å². The van der Waals surface area contributed by atoms with Gasteiger partial charge in [0.1, 0.15) is 17.1 Å². The predicted octanol–water partition coefficient (Wildman–Crippen LogP) is 3.40. The van der Waals surface area contributed by atoms with Crippen molar-refractivity contribution in [2.75, 3.05) is 4.72 Å². The van der Waals surface area contributed by atoms with Gasteiger partial charge in [0.25, 0.3) is 10.0 Å². The van der Waals surface area contributed by atoms with Gasteiger partial charge in [0.15, 0.2) is 0 Å². The molecule has 7 nitrogen and oxygen atoms in total. The lowest BCUT2D eigenvalue weighted by molar-refractivity contribution is 0.0693. The first kappa shape index (κ1) is 17.8. The van der Waals surface area contributed by atoms with Crippen molar-refractivity contribution in [3.63, 3.8) is 0 Å². The fourth-order valence-corrected chi connectivity index (χ4v) is 3.78. The van der Waals surface area contributed by atoms with Gasteiger partial charge in [-0.1, -0.05) is 35.9 Å². The first-order chi connectivity index (χ1) is 12.2. The zero-order chi connectivity index (χ0) is 19.1. The van der Waals surface area contributed by atoms with Crippen LogP contribution < -0.4 is 4.72 Å². The van der Waals surface area contributed by atoms with E-state index in [9.17, 15) is 23.4 Å². The smallest absolute Gasteiger partial charge is 0.339 e. The number of benzene rings is 3. The van der Waals surface area contributed by atoms with Crippen molar-refractivity contribution in [2.45, 2.75) is 4.90 Å². The summed E-state index contributed by atoms with van der Waals surface area (Å²) < 4.78 is 27.6. The number of carbonyl (C=O) groups is 1. The van der Waals surface area contributed by atoms with E-state index >= 15 is 0 Å². The van der Waals surface area contributed by atoms with Gasteiger partial charge >= 0.3 is 5.97 Å². The highest BCUT2D eigenvalue weighted by molar-refractivity contribution is 7.92. The molecule has 3 aromatic carbocycles. The molecule has 0 aromatic heterocycles. The number of anilines is 1. The van der Waals surface area contributed by atoms with Gasteiger partial charge in [0.2, 0.25) is 0 Å². The van der Waals surface area contributed by atoms with E-state index in [0.29, 0.717) is 10.8 Å². The average molecular weight is 394 g/mol. The molecule has 0 fully saturated rings. The summed E-state index contributed by atoms with van der Waals surface area (Å²) in [6.45, 7) is 0. The number of nitrogens with one attached hydrogen (secondary N) is 1. The van der Waals surface area contributed by atoms with Gasteiger partial charge in [-0.05, 0) is 24.3 Å². The van der Waals surface area contributed by atoms with Gasteiger partial charge in [-0.3, -0.25) is 4.72 Å². The maximum absolute atomic E-state index is 12.6. The Labute approximate surface area is 153 Å². The number of halogens is 1. The molecule has 0 heterocycles. The van der Waals surface area contributed by atoms with E-state index in [1.54, 1.807) is 24.3 Å². The second-order valence-corrected chi connectivity index (χ2v) is 7.48. The van der Waals surface area contributed by atoms with Crippen LogP contribution in [0.4, 0.5) is 5.69 Å². The Kier molecular flexibility index (Phi) is 4.39. The maximum Gasteiger partial charge on any atom is 0.339 e. The highest BCUT2D eigenvalue weighted by Crippen LogP contribution is 2.38. The number of aromatic carboxylic acids is 1. The molecule has 26 heavy (non-hydrogen) atoms. The van der Waals surface area contributed by atoms with Crippen LogP contribution in [0.15, 0.2) is 53.4 Å². The van der Waals surface area contributed by atoms with E-state index in [-0.39, 0.29) is 21.4 Å². The van der Waals surface area contributed by atoms with Crippen molar-refractivity contribution >= 4 is 44.1 Å². The Morgan fingerprint density at radius 2 is 1.65 bits per heavy atom. The summed E-state index contributed by atoms with van der Waals surface area (Å²) in [6, 6.07) is 10.7. The lowest BCUT2D eigenvalue weighted by Crippen LogP contribution is -2.14. The molecule has 134 valence electrons. The van der Waals surface area contributed by atoms with Crippen LogP contribution in [-0.4, -0.2) is 29.7 Å². The monoisotopic (exact) mass is 393 g/mol. The number of carboxylic acid groups (broad SMARTS) is 1. The van der Waals surface area contributed by atoms with Crippen molar-refractivity contribution in [1.82, 2.24) is 0 Å². The minimum atomic E-state index is -4.17. The summed E-state index contributed by atoms with van der Waals surface area (Å²) >= 11 is 5.96. The van der Waals surface area contributed by atoms with Crippen molar-refractivity contribution in [3.05, 3.63) is 59.1 Å². The third-order valence-electron chi connectivity index (χ3n) is 3.72. The minimum Gasteiger partial charge on any atom is -0.507 e. The first-order valence-electron chi connectivity index (χ1n) is 7.20. The third-order valence-corrected chi connectivity index (χ3v) is 5.37. The number of phenols is 2. The van der Waals surface area contributed by atoms with E-state index in [4.69, 9.17) is 16.7 Å². The molecule has 9 heteroatoms. The second kappa shape index (κ2) is 6.40. The van der Waals surface area contributed by atoms with E-state index in [0.717, 1.165) is 18.2 Å². The van der Waals surface area contributed by atoms with Crippen molar-refractivity contribution < 1.29 is 28.5 Å². The number of fused-ring (bicyclic) bond motifs is 1. The van der Waals surface area contributed by atoms with Crippen LogP contribution in [0.2, 0.25) is 5.02 Å². The number of hydrogen-bond acceptors (Lipinski definition) is 5. The van der Waals surface area contributed by atoms with Gasteiger partial charge in [-0.2, -0.15) is 0 Å². The summed E-state index contributed by atoms with van der Waals surface area (Å²) in [5.41, 5.74) is -0.421. The molecular formula is C17H12ClNO6S. The number of phenolic OH excluding ortho intramolecular Hbond substituents is 1. The molecule has 0 aliphatic rings. The summed E-state index contributed by atoms with van der Waals surface area (Å²) in [5, 5.41) is 29.3. The summed E-state index contributed by atoms with van der Waals surface area (Å²) in [4.78, 5) is 10.7. The van der Waals surface area contributed by atoms with Crippen LogP contribution in [0.3, 0.4) is 0 Å². The average Bonchev–Trinajstić information content (AvgIpc) is 2.59. The van der Waals surface area contributed by atoms with Crippen LogP contribution >= 0.6 is 11.6 Å². The molecule has 0 amide bonds. The molecule has 0 spiro atoms. The fourth-order valence-electron chi connectivity index (χ4n) is 2.47. The maximum atomic E-state index is 12.6. The lowest BCUT2D eigenvalue weighted by atomic mass is 10.1. The molecule has 0 bridgehead atoms. The van der Waals surface area contributed by atoms with Crippen LogP contribution in [-0.2, 0) is 10.0 Å². The summed E-state index contributed by atoms with van der Waals surface area (Å²) in [5.74, 6) is -2.18. The summed E-state index contributed by atoms with van der Waals surface area (Å²) in [7, 11) is -4.17. The minimum absolute atomic E-state index is 0.0432. The topological polar surface area (TPSA) is 124 Å². The Morgan fingerprint density at radius 3 is 2.31 bits per heavy atom. The Hall–Kier alpha value is -2.97. The van der Waals surface area contributed by atoms with E-state index < -0.39 is 27.3 Å². The zero-order valence-corrected chi connectivity index (χ0v) is 14.5. The largest absolute Gasteiger partial charge is 0.507 e. The van der Waals surface area contributed by atoms with Gasteiger partial charge < -0.3 is 15.3 Å². The lowest BCUT2D eigenvalue weighted by Gasteiger charge is -2.13. The molecule has 0 radical (unpaired) electrons. The van der Waals surface area contributed by atoms with E-state index in [1.165, 1.54) is 6.07 Å². The molecular weight excluding hydrogens is 382 g/mol. The highest BCUT2D eigenvalue weighted by atomic mass is 35.5. The number of rotatable bonds is 4. The van der Waals surface area contributed by atoms with Gasteiger partial charge in [-0.15, -0.1) is 0 Å². The normalized spacial score (nSPS) is 11.4. The quantitative estimate of drug-likeness (QED) is 0.503. The predicted molar refractivity (Wildman–Crippen MR) is 96.5 cm³/mol. The first-order valence-corrected chi connectivity index (χ1v) is 9.06. The molecule has 0 atom stereocenters. The third kappa shape index (κ3) is 3.12. The molecule has 0 aliphatic carbocycles. The molecule has 4 N–H and O–H groups in total. The Bertz CT molecular complexity index is 1140. The Balaban J connectivity index is 2.12. The van der Waals surface area contributed by atoms with Gasteiger partial charge in [-0.25, -0.2) is 13.2 Å². The van der Waals surface area contributed by atoms with Crippen LogP contribution in [0.1, 0.15) is 10.4 Å². The molecule has 0 aliphatic heterocycles.